The minimum atomic E-state index is -0.502. The average molecular weight is 302 g/mol. The van der Waals surface area contributed by atoms with Gasteiger partial charge in [0.1, 0.15) is 17.6 Å². The molecule has 2 aromatic carbocycles. The van der Waals surface area contributed by atoms with Crippen LogP contribution in [0.25, 0.3) is 0 Å². The maximum atomic E-state index is 13.5. The standard InChI is InChI=1S/C17H19FN2O2/c1-3-22-14-10-8-13(9-11-14)19-12(2)17(21)20-16-7-5-4-6-15(16)18/h4-12,19H,3H2,1-2H3,(H,20,21). The molecular weight excluding hydrogens is 283 g/mol. The molecule has 0 fully saturated rings. The summed E-state index contributed by atoms with van der Waals surface area (Å²) < 4.78 is 18.9. The van der Waals surface area contributed by atoms with Crippen LogP contribution in [0.2, 0.25) is 0 Å². The molecular formula is C17H19FN2O2. The molecule has 0 aliphatic carbocycles. The Balaban J connectivity index is 1.95. The number of hydrogen-bond acceptors (Lipinski definition) is 3. The van der Waals surface area contributed by atoms with Crippen LogP contribution in [0.15, 0.2) is 48.5 Å². The fraction of sp³-hybridized carbons (Fsp3) is 0.235. The van der Waals surface area contributed by atoms with E-state index < -0.39 is 11.9 Å². The zero-order chi connectivity index (χ0) is 15.9. The van der Waals surface area contributed by atoms with Gasteiger partial charge >= 0.3 is 0 Å². The Labute approximate surface area is 129 Å². The Hall–Kier alpha value is -2.56. The van der Waals surface area contributed by atoms with Gasteiger partial charge in [-0.2, -0.15) is 0 Å². The molecule has 0 spiro atoms. The third-order valence-electron chi connectivity index (χ3n) is 3.07. The van der Waals surface area contributed by atoms with Crippen LogP contribution in [0.1, 0.15) is 13.8 Å². The highest BCUT2D eigenvalue weighted by molar-refractivity contribution is 5.96. The normalized spacial score (nSPS) is 11.6. The molecule has 2 N–H and O–H groups in total. The fourth-order valence-corrected chi connectivity index (χ4v) is 1.93. The molecule has 1 atom stereocenters. The number of amides is 1. The van der Waals surface area contributed by atoms with Crippen molar-refractivity contribution in [1.82, 2.24) is 0 Å². The van der Waals surface area contributed by atoms with E-state index in [-0.39, 0.29) is 11.6 Å². The van der Waals surface area contributed by atoms with Crippen molar-refractivity contribution in [2.75, 3.05) is 17.2 Å². The van der Waals surface area contributed by atoms with E-state index in [1.165, 1.54) is 12.1 Å². The lowest BCUT2D eigenvalue weighted by Crippen LogP contribution is -2.32. The van der Waals surface area contributed by atoms with E-state index in [1.807, 2.05) is 31.2 Å². The van der Waals surface area contributed by atoms with Crippen LogP contribution in [0, 0.1) is 5.82 Å². The van der Waals surface area contributed by atoms with Gasteiger partial charge in [-0.3, -0.25) is 4.79 Å². The number of anilines is 2. The van der Waals surface area contributed by atoms with Gasteiger partial charge in [0.15, 0.2) is 0 Å². The molecule has 1 unspecified atom stereocenters. The van der Waals surface area contributed by atoms with Gasteiger partial charge in [-0.15, -0.1) is 0 Å². The molecule has 0 saturated carbocycles. The summed E-state index contributed by atoms with van der Waals surface area (Å²) in [5, 5.41) is 5.62. The SMILES string of the molecule is CCOc1ccc(NC(C)C(=O)Nc2ccccc2F)cc1. The smallest absolute Gasteiger partial charge is 0.246 e. The van der Waals surface area contributed by atoms with Crippen molar-refractivity contribution in [3.8, 4) is 5.75 Å². The number of nitrogens with one attached hydrogen (secondary N) is 2. The largest absolute Gasteiger partial charge is 0.494 e. The van der Waals surface area contributed by atoms with E-state index in [0.29, 0.717) is 6.61 Å². The second kappa shape index (κ2) is 7.45. The molecule has 4 nitrogen and oxygen atoms in total. The first-order valence-electron chi connectivity index (χ1n) is 7.15. The molecule has 0 heterocycles. The molecule has 22 heavy (non-hydrogen) atoms. The third-order valence-corrected chi connectivity index (χ3v) is 3.07. The molecule has 0 aliphatic heterocycles. The summed E-state index contributed by atoms with van der Waals surface area (Å²) in [6.45, 7) is 4.24. The van der Waals surface area contributed by atoms with Crippen LogP contribution in [-0.4, -0.2) is 18.6 Å². The van der Waals surface area contributed by atoms with E-state index >= 15 is 0 Å². The minimum absolute atomic E-state index is 0.174. The Morgan fingerprint density at radius 2 is 1.86 bits per heavy atom. The van der Waals surface area contributed by atoms with Gasteiger partial charge in [0.25, 0.3) is 0 Å². The van der Waals surface area contributed by atoms with Crippen molar-refractivity contribution in [1.29, 1.82) is 0 Å². The van der Waals surface area contributed by atoms with Crippen molar-refractivity contribution in [2.45, 2.75) is 19.9 Å². The molecule has 0 aromatic heterocycles. The quantitative estimate of drug-likeness (QED) is 0.856. The van der Waals surface area contributed by atoms with Gasteiger partial charge in [-0.05, 0) is 50.2 Å². The van der Waals surface area contributed by atoms with Crippen LogP contribution >= 0.6 is 0 Å². The Morgan fingerprint density at radius 1 is 1.18 bits per heavy atom. The molecule has 2 aromatic rings. The number of carbonyl (C=O) groups excluding carboxylic acids is 1. The van der Waals surface area contributed by atoms with E-state index in [2.05, 4.69) is 10.6 Å². The van der Waals surface area contributed by atoms with Gasteiger partial charge < -0.3 is 15.4 Å². The molecule has 2 rings (SSSR count). The Morgan fingerprint density at radius 3 is 2.50 bits per heavy atom. The second-order valence-electron chi connectivity index (χ2n) is 4.79. The topological polar surface area (TPSA) is 50.4 Å². The van der Waals surface area contributed by atoms with Crippen molar-refractivity contribution in [2.24, 2.45) is 0 Å². The molecule has 0 aliphatic rings. The monoisotopic (exact) mass is 302 g/mol. The van der Waals surface area contributed by atoms with Gasteiger partial charge in [0, 0.05) is 5.69 Å². The highest BCUT2D eigenvalue weighted by Crippen LogP contribution is 2.17. The van der Waals surface area contributed by atoms with Crippen LogP contribution in [0.5, 0.6) is 5.75 Å². The minimum Gasteiger partial charge on any atom is -0.494 e. The number of carbonyl (C=O) groups is 1. The molecule has 116 valence electrons. The number of benzene rings is 2. The Kier molecular flexibility index (Phi) is 5.36. The van der Waals surface area contributed by atoms with E-state index in [1.54, 1.807) is 19.1 Å². The number of ether oxygens (including phenoxy) is 1. The number of halogens is 1. The summed E-state index contributed by atoms with van der Waals surface area (Å²) in [7, 11) is 0. The number of hydrogen-bond donors (Lipinski definition) is 2. The summed E-state index contributed by atoms with van der Waals surface area (Å²) in [6, 6.07) is 12.9. The van der Waals surface area contributed by atoms with Crippen LogP contribution in [0.4, 0.5) is 15.8 Å². The van der Waals surface area contributed by atoms with Crippen molar-refractivity contribution in [3.05, 3.63) is 54.3 Å². The first-order valence-corrected chi connectivity index (χ1v) is 7.15. The lowest BCUT2D eigenvalue weighted by Gasteiger charge is -2.16. The summed E-state index contributed by atoms with van der Waals surface area (Å²) in [6.07, 6.45) is 0. The first kappa shape index (κ1) is 15.8. The predicted molar refractivity (Wildman–Crippen MR) is 85.7 cm³/mol. The summed E-state index contributed by atoms with van der Waals surface area (Å²) >= 11 is 0. The maximum Gasteiger partial charge on any atom is 0.246 e. The fourth-order valence-electron chi connectivity index (χ4n) is 1.93. The molecule has 0 radical (unpaired) electrons. The van der Waals surface area contributed by atoms with Crippen molar-refractivity contribution >= 4 is 17.3 Å². The van der Waals surface area contributed by atoms with Crippen molar-refractivity contribution < 1.29 is 13.9 Å². The van der Waals surface area contributed by atoms with Crippen LogP contribution in [-0.2, 0) is 4.79 Å². The predicted octanol–water partition coefficient (Wildman–Crippen LogP) is 3.66. The van der Waals surface area contributed by atoms with E-state index in [4.69, 9.17) is 4.74 Å². The first-order chi connectivity index (χ1) is 10.6. The summed E-state index contributed by atoms with van der Waals surface area (Å²) in [4.78, 5) is 12.1. The highest BCUT2D eigenvalue weighted by atomic mass is 19.1. The lowest BCUT2D eigenvalue weighted by molar-refractivity contribution is -0.116. The highest BCUT2D eigenvalue weighted by Gasteiger charge is 2.14. The average Bonchev–Trinajstić information content (AvgIpc) is 2.51. The van der Waals surface area contributed by atoms with Gasteiger partial charge in [0.2, 0.25) is 5.91 Å². The van der Waals surface area contributed by atoms with E-state index in [0.717, 1.165) is 11.4 Å². The van der Waals surface area contributed by atoms with Gasteiger partial charge in [0.05, 0.1) is 12.3 Å². The maximum absolute atomic E-state index is 13.5. The third kappa shape index (κ3) is 4.22. The molecule has 5 heteroatoms. The van der Waals surface area contributed by atoms with Crippen molar-refractivity contribution in [3.63, 3.8) is 0 Å². The molecule has 0 bridgehead atoms. The zero-order valence-corrected chi connectivity index (χ0v) is 12.6. The van der Waals surface area contributed by atoms with Crippen LogP contribution in [0.3, 0.4) is 0 Å². The number of para-hydroxylation sites is 1. The summed E-state index contributed by atoms with van der Waals surface area (Å²) in [5.41, 5.74) is 0.965. The zero-order valence-electron chi connectivity index (χ0n) is 12.6. The van der Waals surface area contributed by atoms with Crippen LogP contribution < -0.4 is 15.4 Å². The lowest BCUT2D eigenvalue weighted by atomic mass is 10.2. The summed E-state index contributed by atoms with van der Waals surface area (Å²) in [5.74, 6) is 0.0135. The molecule has 0 saturated heterocycles. The van der Waals surface area contributed by atoms with Gasteiger partial charge in [-0.25, -0.2) is 4.39 Å². The van der Waals surface area contributed by atoms with E-state index in [9.17, 15) is 9.18 Å². The molecule has 1 amide bonds. The number of rotatable bonds is 6. The Bertz CT molecular complexity index is 629. The van der Waals surface area contributed by atoms with Gasteiger partial charge in [-0.1, -0.05) is 12.1 Å². The second-order valence-corrected chi connectivity index (χ2v) is 4.79.